The topological polar surface area (TPSA) is 70.7 Å². The Morgan fingerprint density at radius 1 is 1.33 bits per heavy atom. The van der Waals surface area contributed by atoms with Crippen LogP contribution < -0.4 is 10.6 Å². The maximum atomic E-state index is 12.0. The SMILES string of the molecule is CC(C)C(=O)N1CCC(NC(=O)CC2CNCCO2)CC1. The van der Waals surface area contributed by atoms with E-state index in [0.717, 1.165) is 39.0 Å². The molecule has 2 fully saturated rings. The number of rotatable bonds is 4. The number of hydrogen-bond donors (Lipinski definition) is 2. The molecule has 2 N–H and O–H groups in total. The molecule has 6 heteroatoms. The molecule has 2 amide bonds. The van der Waals surface area contributed by atoms with Gasteiger partial charge in [-0.1, -0.05) is 13.8 Å². The molecule has 1 unspecified atom stereocenters. The molecular weight excluding hydrogens is 270 g/mol. The Morgan fingerprint density at radius 3 is 2.62 bits per heavy atom. The van der Waals surface area contributed by atoms with E-state index in [1.54, 1.807) is 0 Å². The molecule has 2 rings (SSSR count). The maximum Gasteiger partial charge on any atom is 0.225 e. The molecule has 0 saturated carbocycles. The van der Waals surface area contributed by atoms with Gasteiger partial charge in [0.1, 0.15) is 0 Å². The minimum atomic E-state index is -0.0126. The number of nitrogens with zero attached hydrogens (tertiary/aromatic N) is 1. The fourth-order valence-corrected chi connectivity index (χ4v) is 2.85. The summed E-state index contributed by atoms with van der Waals surface area (Å²) in [6, 6.07) is 0.185. The van der Waals surface area contributed by atoms with Crippen LogP contribution in [0.15, 0.2) is 0 Å². The monoisotopic (exact) mass is 297 g/mol. The van der Waals surface area contributed by atoms with E-state index in [2.05, 4.69) is 10.6 Å². The van der Waals surface area contributed by atoms with E-state index in [0.29, 0.717) is 13.0 Å². The summed E-state index contributed by atoms with van der Waals surface area (Å²) < 4.78 is 5.54. The maximum absolute atomic E-state index is 12.0. The average molecular weight is 297 g/mol. The molecule has 0 radical (unpaired) electrons. The Balaban J connectivity index is 1.68. The number of carbonyl (C=O) groups is 2. The first kappa shape index (κ1) is 16.2. The molecule has 2 heterocycles. The van der Waals surface area contributed by atoms with Crippen molar-refractivity contribution in [2.45, 2.75) is 45.3 Å². The highest BCUT2D eigenvalue weighted by Crippen LogP contribution is 2.13. The fourth-order valence-electron chi connectivity index (χ4n) is 2.85. The molecule has 6 nitrogen and oxygen atoms in total. The molecular formula is C15H27N3O3. The van der Waals surface area contributed by atoms with Crippen LogP contribution in [0.25, 0.3) is 0 Å². The Bertz CT molecular complexity index is 359. The minimum absolute atomic E-state index is 0.0126. The largest absolute Gasteiger partial charge is 0.375 e. The molecule has 1 atom stereocenters. The van der Waals surface area contributed by atoms with Gasteiger partial charge in [-0.2, -0.15) is 0 Å². The van der Waals surface area contributed by atoms with Crippen molar-refractivity contribution in [2.24, 2.45) is 5.92 Å². The predicted molar refractivity (Wildman–Crippen MR) is 79.8 cm³/mol. The third kappa shape index (κ3) is 4.97. The van der Waals surface area contributed by atoms with Crippen LogP contribution in [0.3, 0.4) is 0 Å². The van der Waals surface area contributed by atoms with Crippen molar-refractivity contribution < 1.29 is 14.3 Å². The first-order valence-corrected chi connectivity index (χ1v) is 7.96. The van der Waals surface area contributed by atoms with Gasteiger partial charge >= 0.3 is 0 Å². The minimum Gasteiger partial charge on any atom is -0.375 e. The highest BCUT2D eigenvalue weighted by molar-refractivity contribution is 5.78. The van der Waals surface area contributed by atoms with Gasteiger partial charge in [0.05, 0.1) is 19.1 Å². The molecule has 120 valence electrons. The zero-order valence-electron chi connectivity index (χ0n) is 13.1. The normalized spacial score (nSPS) is 24.1. The van der Waals surface area contributed by atoms with Crippen molar-refractivity contribution in [2.75, 3.05) is 32.8 Å². The number of likely N-dealkylation sites (tertiary alicyclic amines) is 1. The third-order valence-electron chi connectivity index (χ3n) is 4.08. The Kier molecular flexibility index (Phi) is 5.99. The van der Waals surface area contributed by atoms with Gasteiger partial charge in [-0.3, -0.25) is 9.59 Å². The second kappa shape index (κ2) is 7.75. The molecule has 0 aromatic carbocycles. The third-order valence-corrected chi connectivity index (χ3v) is 4.08. The molecule has 21 heavy (non-hydrogen) atoms. The van der Waals surface area contributed by atoms with Crippen LogP contribution in [-0.4, -0.2) is 61.6 Å². The van der Waals surface area contributed by atoms with Crippen LogP contribution in [0.1, 0.15) is 33.1 Å². The van der Waals surface area contributed by atoms with Gasteiger partial charge in [-0.15, -0.1) is 0 Å². The zero-order valence-corrected chi connectivity index (χ0v) is 13.1. The lowest BCUT2D eigenvalue weighted by molar-refractivity contribution is -0.135. The summed E-state index contributed by atoms with van der Waals surface area (Å²) >= 11 is 0. The number of amides is 2. The lowest BCUT2D eigenvalue weighted by Gasteiger charge is -2.33. The van der Waals surface area contributed by atoms with Crippen molar-refractivity contribution in [3.05, 3.63) is 0 Å². The smallest absolute Gasteiger partial charge is 0.225 e. The molecule has 2 aliphatic rings. The van der Waals surface area contributed by atoms with Crippen molar-refractivity contribution >= 4 is 11.8 Å². The number of carbonyl (C=O) groups excluding carboxylic acids is 2. The number of hydrogen-bond acceptors (Lipinski definition) is 4. The van der Waals surface area contributed by atoms with Gasteiger partial charge in [0.25, 0.3) is 0 Å². The lowest BCUT2D eigenvalue weighted by atomic mass is 10.0. The summed E-state index contributed by atoms with van der Waals surface area (Å²) in [7, 11) is 0. The van der Waals surface area contributed by atoms with Crippen LogP contribution in [-0.2, 0) is 14.3 Å². The number of ether oxygens (including phenoxy) is 1. The molecule has 0 aromatic heterocycles. The number of piperidine rings is 1. The van der Waals surface area contributed by atoms with Gasteiger partial charge in [0.15, 0.2) is 0 Å². The summed E-state index contributed by atoms with van der Waals surface area (Å²) in [6.07, 6.45) is 2.08. The first-order chi connectivity index (χ1) is 10.1. The summed E-state index contributed by atoms with van der Waals surface area (Å²) in [6.45, 7) is 7.61. The van der Waals surface area contributed by atoms with E-state index < -0.39 is 0 Å². The van der Waals surface area contributed by atoms with Crippen molar-refractivity contribution in [3.63, 3.8) is 0 Å². The van der Waals surface area contributed by atoms with Gasteiger partial charge in [0, 0.05) is 38.1 Å². The van der Waals surface area contributed by atoms with Crippen LogP contribution in [0.4, 0.5) is 0 Å². The molecule has 0 aliphatic carbocycles. The predicted octanol–water partition coefficient (Wildman–Crippen LogP) is 0.128. The van der Waals surface area contributed by atoms with Crippen molar-refractivity contribution in [3.8, 4) is 0 Å². The summed E-state index contributed by atoms with van der Waals surface area (Å²) in [5.41, 5.74) is 0. The first-order valence-electron chi connectivity index (χ1n) is 7.96. The molecule has 2 saturated heterocycles. The quantitative estimate of drug-likeness (QED) is 0.774. The van der Waals surface area contributed by atoms with Gasteiger partial charge in [0.2, 0.25) is 11.8 Å². The van der Waals surface area contributed by atoms with Gasteiger partial charge in [-0.05, 0) is 12.8 Å². The summed E-state index contributed by atoms with van der Waals surface area (Å²) in [4.78, 5) is 25.8. The standard InChI is InChI=1S/C15H27N3O3/c1-11(2)15(20)18-6-3-12(4-7-18)17-14(19)9-13-10-16-5-8-21-13/h11-13,16H,3-10H2,1-2H3,(H,17,19). The molecule has 0 bridgehead atoms. The van der Waals surface area contributed by atoms with Crippen LogP contribution in [0.5, 0.6) is 0 Å². The van der Waals surface area contributed by atoms with E-state index in [9.17, 15) is 9.59 Å². The van der Waals surface area contributed by atoms with E-state index in [-0.39, 0.29) is 29.9 Å². The highest BCUT2D eigenvalue weighted by atomic mass is 16.5. The lowest BCUT2D eigenvalue weighted by Crippen LogP contribution is -2.48. The number of morpholine rings is 1. The summed E-state index contributed by atoms with van der Waals surface area (Å²) in [5.74, 6) is 0.311. The second-order valence-corrected chi connectivity index (χ2v) is 6.22. The van der Waals surface area contributed by atoms with E-state index in [1.165, 1.54) is 0 Å². The van der Waals surface area contributed by atoms with E-state index >= 15 is 0 Å². The van der Waals surface area contributed by atoms with E-state index in [4.69, 9.17) is 4.74 Å². The summed E-state index contributed by atoms with van der Waals surface area (Å²) in [5, 5.41) is 6.29. The van der Waals surface area contributed by atoms with E-state index in [1.807, 2.05) is 18.7 Å². The van der Waals surface area contributed by atoms with Crippen molar-refractivity contribution in [1.29, 1.82) is 0 Å². The highest BCUT2D eigenvalue weighted by Gasteiger charge is 2.26. The van der Waals surface area contributed by atoms with Crippen LogP contribution in [0.2, 0.25) is 0 Å². The van der Waals surface area contributed by atoms with Crippen LogP contribution >= 0.6 is 0 Å². The Morgan fingerprint density at radius 2 is 2.05 bits per heavy atom. The second-order valence-electron chi connectivity index (χ2n) is 6.22. The molecule has 0 aromatic rings. The molecule has 0 spiro atoms. The van der Waals surface area contributed by atoms with Gasteiger partial charge in [-0.25, -0.2) is 0 Å². The molecule has 2 aliphatic heterocycles. The van der Waals surface area contributed by atoms with Crippen LogP contribution in [0, 0.1) is 5.92 Å². The Hall–Kier alpha value is -1.14. The van der Waals surface area contributed by atoms with Crippen molar-refractivity contribution in [1.82, 2.24) is 15.5 Å². The Labute approximate surface area is 126 Å². The zero-order chi connectivity index (χ0) is 15.2. The number of nitrogens with one attached hydrogen (secondary N) is 2. The van der Waals surface area contributed by atoms with Gasteiger partial charge < -0.3 is 20.3 Å². The fraction of sp³-hybridized carbons (Fsp3) is 0.867. The average Bonchev–Trinajstić information content (AvgIpc) is 2.48.